The zero-order valence-corrected chi connectivity index (χ0v) is 17.2. The topological polar surface area (TPSA) is 78.5 Å². The molecule has 1 fully saturated rings. The second-order valence-corrected chi connectivity index (χ2v) is 9.08. The van der Waals surface area contributed by atoms with Crippen LogP contribution in [-0.2, 0) is 16.6 Å². The predicted octanol–water partition coefficient (Wildman–Crippen LogP) is 3.56. The fourth-order valence-corrected chi connectivity index (χ4v) is 5.14. The molecule has 1 aliphatic rings. The van der Waals surface area contributed by atoms with Crippen LogP contribution in [0.4, 0.5) is 9.18 Å². The van der Waals surface area contributed by atoms with Crippen LogP contribution in [0, 0.1) is 5.82 Å². The molecule has 8 heteroatoms. The monoisotopic (exact) mass is 419 g/mol. The lowest BCUT2D eigenvalue weighted by Crippen LogP contribution is -2.38. The minimum atomic E-state index is -3.58. The molecule has 0 saturated carbocycles. The third-order valence-electron chi connectivity index (χ3n) is 5.06. The van der Waals surface area contributed by atoms with Gasteiger partial charge in [-0.15, -0.1) is 0 Å². The number of nitrogens with one attached hydrogen (secondary N) is 2. The highest BCUT2D eigenvalue weighted by Crippen LogP contribution is 2.23. The molecule has 0 radical (unpaired) electrons. The Kier molecular flexibility index (Phi) is 6.87. The molecule has 0 bridgehead atoms. The Hall–Kier alpha value is -2.45. The molecule has 6 nitrogen and oxygen atoms in total. The van der Waals surface area contributed by atoms with Crippen molar-refractivity contribution in [2.75, 3.05) is 13.1 Å². The molecule has 2 amide bonds. The van der Waals surface area contributed by atoms with Gasteiger partial charge in [0, 0.05) is 19.6 Å². The molecular formula is C21H26FN3O3S. The number of carbonyl (C=O) groups is 1. The Morgan fingerprint density at radius 2 is 1.72 bits per heavy atom. The lowest BCUT2D eigenvalue weighted by Gasteiger charge is -2.27. The number of amides is 2. The van der Waals surface area contributed by atoms with Gasteiger partial charge in [0.2, 0.25) is 10.0 Å². The van der Waals surface area contributed by atoms with Gasteiger partial charge in [-0.3, -0.25) is 0 Å². The van der Waals surface area contributed by atoms with Gasteiger partial charge in [0.25, 0.3) is 0 Å². The first-order chi connectivity index (χ1) is 13.9. The summed E-state index contributed by atoms with van der Waals surface area (Å²) in [6.45, 7) is 2.94. The molecule has 0 aromatic heterocycles. The number of nitrogens with zero attached hydrogens (tertiary/aromatic N) is 1. The summed E-state index contributed by atoms with van der Waals surface area (Å²) < 4.78 is 40.6. The molecule has 2 aromatic carbocycles. The van der Waals surface area contributed by atoms with Crippen LogP contribution >= 0.6 is 0 Å². The van der Waals surface area contributed by atoms with E-state index in [0.29, 0.717) is 18.7 Å². The van der Waals surface area contributed by atoms with E-state index < -0.39 is 16.1 Å². The van der Waals surface area contributed by atoms with Gasteiger partial charge in [-0.05, 0) is 49.1 Å². The van der Waals surface area contributed by atoms with Gasteiger partial charge in [-0.25, -0.2) is 17.6 Å². The average Bonchev–Trinajstić information content (AvgIpc) is 2.73. The van der Waals surface area contributed by atoms with Crippen molar-refractivity contribution in [1.82, 2.24) is 14.9 Å². The molecule has 1 atom stereocenters. The summed E-state index contributed by atoms with van der Waals surface area (Å²) in [5.41, 5.74) is 1.32. The van der Waals surface area contributed by atoms with E-state index in [0.717, 1.165) is 24.8 Å². The van der Waals surface area contributed by atoms with E-state index in [9.17, 15) is 17.6 Å². The summed E-state index contributed by atoms with van der Waals surface area (Å²) in [4.78, 5) is 12.5. The van der Waals surface area contributed by atoms with E-state index >= 15 is 0 Å². The highest BCUT2D eigenvalue weighted by atomic mass is 32.2. The van der Waals surface area contributed by atoms with Gasteiger partial charge < -0.3 is 10.6 Å². The van der Waals surface area contributed by atoms with Crippen molar-refractivity contribution >= 4 is 16.1 Å². The number of rotatable bonds is 6. The maximum atomic E-state index is 13.0. The fourth-order valence-electron chi connectivity index (χ4n) is 3.40. The predicted molar refractivity (Wildman–Crippen MR) is 109 cm³/mol. The highest BCUT2D eigenvalue weighted by molar-refractivity contribution is 7.89. The first-order valence-corrected chi connectivity index (χ1v) is 11.2. The first-order valence-electron chi connectivity index (χ1n) is 9.76. The van der Waals surface area contributed by atoms with Gasteiger partial charge >= 0.3 is 6.03 Å². The van der Waals surface area contributed by atoms with Crippen molar-refractivity contribution < 1.29 is 17.6 Å². The lowest BCUT2D eigenvalue weighted by molar-refractivity contribution is 0.237. The number of sulfonamides is 1. The average molecular weight is 420 g/mol. The second kappa shape index (κ2) is 9.37. The molecule has 1 saturated heterocycles. The largest absolute Gasteiger partial charge is 0.334 e. The zero-order valence-electron chi connectivity index (χ0n) is 16.4. The fraction of sp³-hybridized carbons (Fsp3) is 0.381. The van der Waals surface area contributed by atoms with Crippen LogP contribution in [0.1, 0.15) is 43.4 Å². The van der Waals surface area contributed by atoms with Crippen LogP contribution in [-0.4, -0.2) is 31.8 Å². The van der Waals surface area contributed by atoms with Crippen LogP contribution < -0.4 is 10.6 Å². The Bertz CT molecular complexity index is 942. The minimum absolute atomic E-state index is 0.0885. The first kappa shape index (κ1) is 21.3. The zero-order chi connectivity index (χ0) is 20.9. The van der Waals surface area contributed by atoms with Crippen LogP contribution in [0.15, 0.2) is 53.4 Å². The van der Waals surface area contributed by atoms with E-state index in [1.165, 1.54) is 16.4 Å². The van der Waals surface area contributed by atoms with Gasteiger partial charge in [0.1, 0.15) is 5.82 Å². The maximum Gasteiger partial charge on any atom is 0.315 e. The molecule has 2 N–H and O–H groups in total. The van der Waals surface area contributed by atoms with Crippen LogP contribution in [0.5, 0.6) is 0 Å². The van der Waals surface area contributed by atoms with Crippen molar-refractivity contribution in [3.63, 3.8) is 0 Å². The van der Waals surface area contributed by atoms with Gasteiger partial charge in [-0.1, -0.05) is 36.8 Å². The van der Waals surface area contributed by atoms with E-state index in [2.05, 4.69) is 10.6 Å². The quantitative estimate of drug-likeness (QED) is 0.751. The Morgan fingerprint density at radius 1 is 1.07 bits per heavy atom. The molecule has 1 aliphatic heterocycles. The number of urea groups is 1. The molecule has 0 unspecified atom stereocenters. The summed E-state index contributed by atoms with van der Waals surface area (Å²) in [5.74, 6) is -0.336. The normalized spacial score (nSPS) is 16.2. The van der Waals surface area contributed by atoms with Crippen molar-refractivity contribution in [1.29, 1.82) is 0 Å². The molecule has 3 rings (SSSR count). The minimum Gasteiger partial charge on any atom is -0.334 e. The van der Waals surface area contributed by atoms with Crippen LogP contribution in [0.3, 0.4) is 0 Å². The van der Waals surface area contributed by atoms with Crippen molar-refractivity contribution in [2.24, 2.45) is 0 Å². The maximum absolute atomic E-state index is 13.0. The van der Waals surface area contributed by atoms with Gasteiger partial charge in [0.05, 0.1) is 10.9 Å². The Balaban J connectivity index is 1.65. The summed E-state index contributed by atoms with van der Waals surface area (Å²) in [5, 5.41) is 5.49. The second-order valence-electron chi connectivity index (χ2n) is 7.17. The number of benzene rings is 2. The standard InChI is InChI=1S/C21H26FN3O3S/c1-16(17-9-11-19(22)12-10-17)24-21(26)23-15-18-7-3-4-8-20(18)29(27,28)25-13-5-2-6-14-25/h3-4,7-12,16H,2,5-6,13-15H2,1H3,(H2,23,24,26)/t16-/m0/s1. The third-order valence-corrected chi connectivity index (χ3v) is 7.06. The summed E-state index contributed by atoms with van der Waals surface area (Å²) >= 11 is 0. The van der Waals surface area contributed by atoms with E-state index in [1.807, 2.05) is 0 Å². The summed E-state index contributed by atoms with van der Waals surface area (Å²) in [6.07, 6.45) is 2.77. The number of piperidine rings is 1. The third kappa shape index (κ3) is 5.33. The smallest absolute Gasteiger partial charge is 0.315 e. The number of carbonyl (C=O) groups excluding carboxylic acids is 1. The molecule has 0 aliphatic carbocycles. The molecular weight excluding hydrogens is 393 g/mol. The molecule has 2 aromatic rings. The highest BCUT2D eigenvalue weighted by Gasteiger charge is 2.27. The number of hydrogen-bond acceptors (Lipinski definition) is 3. The van der Waals surface area contributed by atoms with Crippen LogP contribution in [0.2, 0.25) is 0 Å². The van der Waals surface area contributed by atoms with Crippen molar-refractivity contribution in [3.8, 4) is 0 Å². The Labute approximate surface area is 171 Å². The summed E-state index contributed by atoms with van der Waals surface area (Å²) in [6, 6.07) is 11.9. The lowest BCUT2D eigenvalue weighted by atomic mass is 10.1. The SMILES string of the molecule is C[C@H](NC(=O)NCc1ccccc1S(=O)(=O)N1CCCCC1)c1ccc(F)cc1. The van der Waals surface area contributed by atoms with Crippen molar-refractivity contribution in [3.05, 3.63) is 65.5 Å². The molecule has 0 spiro atoms. The van der Waals surface area contributed by atoms with E-state index in [4.69, 9.17) is 0 Å². The molecule has 29 heavy (non-hydrogen) atoms. The molecule has 156 valence electrons. The number of hydrogen-bond donors (Lipinski definition) is 2. The van der Waals surface area contributed by atoms with Gasteiger partial charge in [-0.2, -0.15) is 4.31 Å². The van der Waals surface area contributed by atoms with E-state index in [1.54, 1.807) is 43.3 Å². The van der Waals surface area contributed by atoms with E-state index in [-0.39, 0.29) is 23.3 Å². The number of halogens is 1. The van der Waals surface area contributed by atoms with Crippen molar-refractivity contribution in [2.45, 2.75) is 43.7 Å². The molecule has 1 heterocycles. The van der Waals surface area contributed by atoms with Gasteiger partial charge in [0.15, 0.2) is 0 Å². The summed E-state index contributed by atoms with van der Waals surface area (Å²) in [7, 11) is -3.58. The Morgan fingerprint density at radius 3 is 2.41 bits per heavy atom. The van der Waals surface area contributed by atoms with Crippen LogP contribution in [0.25, 0.3) is 0 Å².